The minimum atomic E-state index is -0.208. The summed E-state index contributed by atoms with van der Waals surface area (Å²) in [4.78, 5) is 18.3. The number of halogens is 2. The van der Waals surface area contributed by atoms with E-state index in [2.05, 4.69) is 0 Å². The molecule has 16 heavy (non-hydrogen) atoms. The summed E-state index contributed by atoms with van der Waals surface area (Å²) in [5, 5.41) is 2.30. The lowest BCUT2D eigenvalue weighted by Gasteiger charge is -2.17. The van der Waals surface area contributed by atoms with Gasteiger partial charge in [0.25, 0.3) is 0 Å². The van der Waals surface area contributed by atoms with Gasteiger partial charge in [-0.1, -0.05) is 23.2 Å². The summed E-state index contributed by atoms with van der Waals surface area (Å²) < 4.78 is 0. The monoisotopic (exact) mass is 260 g/mol. The molecule has 0 atom stereocenters. The maximum absolute atomic E-state index is 11.8. The van der Waals surface area contributed by atoms with Crippen LogP contribution in [0, 0.1) is 0 Å². The molecule has 0 spiro atoms. The molecule has 1 aliphatic heterocycles. The number of anilines is 1. The van der Waals surface area contributed by atoms with Crippen molar-refractivity contribution in [3.05, 3.63) is 28.2 Å². The van der Waals surface area contributed by atoms with Gasteiger partial charge in [0, 0.05) is 22.3 Å². The van der Waals surface area contributed by atoms with E-state index in [1.165, 1.54) is 12.2 Å². The fourth-order valence-electron chi connectivity index (χ4n) is 1.62. The van der Waals surface area contributed by atoms with Gasteiger partial charge in [-0.15, -0.1) is 0 Å². The molecule has 0 aromatic heterocycles. The van der Waals surface area contributed by atoms with E-state index in [1.54, 1.807) is 23.1 Å². The van der Waals surface area contributed by atoms with Crippen molar-refractivity contribution in [3.63, 3.8) is 0 Å². The molecule has 86 valence electrons. The molecule has 0 radical (unpaired) electrons. The van der Waals surface area contributed by atoms with Crippen LogP contribution in [0.15, 0.2) is 18.2 Å². The molecule has 0 bridgehead atoms. The predicted molar refractivity (Wildman–Crippen MR) is 62.9 cm³/mol. The van der Waals surface area contributed by atoms with Crippen LogP contribution in [-0.2, 0) is 4.84 Å². The number of hydrogen-bond donors (Lipinski definition) is 0. The van der Waals surface area contributed by atoms with Crippen LogP contribution in [0.4, 0.5) is 10.5 Å². The summed E-state index contributed by atoms with van der Waals surface area (Å²) in [5.74, 6) is 0. The molecule has 1 aromatic rings. The van der Waals surface area contributed by atoms with Crippen LogP contribution in [0.25, 0.3) is 0 Å². The number of amides is 2. The van der Waals surface area contributed by atoms with Crippen LogP contribution in [0.2, 0.25) is 10.0 Å². The summed E-state index contributed by atoms with van der Waals surface area (Å²) in [5.41, 5.74) is 0.682. The molecule has 1 saturated heterocycles. The number of rotatable bonds is 2. The molecule has 0 aliphatic carbocycles. The number of urea groups is 1. The fourth-order valence-corrected chi connectivity index (χ4v) is 2.14. The average Bonchev–Trinajstić information content (AvgIpc) is 2.58. The number of hydroxylamine groups is 2. The average molecular weight is 261 g/mol. The van der Waals surface area contributed by atoms with E-state index >= 15 is 0 Å². The normalized spacial score (nSPS) is 16.1. The second-order valence-corrected chi connectivity index (χ2v) is 4.22. The summed E-state index contributed by atoms with van der Waals surface area (Å²) in [6.07, 6.45) is 0. The third-order valence-electron chi connectivity index (χ3n) is 2.35. The molecule has 1 aliphatic rings. The van der Waals surface area contributed by atoms with Crippen LogP contribution >= 0.6 is 23.2 Å². The van der Waals surface area contributed by atoms with Crippen molar-refractivity contribution >= 4 is 34.9 Å². The number of carbonyl (C=O) groups excluding carboxylic acids is 1. The highest BCUT2D eigenvalue weighted by Gasteiger charge is 2.30. The van der Waals surface area contributed by atoms with Crippen molar-refractivity contribution in [2.45, 2.75) is 0 Å². The van der Waals surface area contributed by atoms with Gasteiger partial charge in [0.15, 0.2) is 0 Å². The highest BCUT2D eigenvalue weighted by Crippen LogP contribution is 2.27. The third-order valence-corrected chi connectivity index (χ3v) is 2.79. The maximum Gasteiger partial charge on any atom is 0.348 e. The van der Waals surface area contributed by atoms with E-state index in [-0.39, 0.29) is 6.03 Å². The fraction of sp³-hybridized carbons (Fsp3) is 0.300. The van der Waals surface area contributed by atoms with Crippen LogP contribution in [0.3, 0.4) is 0 Å². The molecule has 6 heteroatoms. The smallest absolute Gasteiger partial charge is 0.291 e. The summed E-state index contributed by atoms with van der Waals surface area (Å²) >= 11 is 11.8. The van der Waals surface area contributed by atoms with Gasteiger partial charge in [-0.05, 0) is 18.2 Å². The van der Waals surface area contributed by atoms with Crippen LogP contribution in [0.5, 0.6) is 0 Å². The molecule has 2 amide bonds. The number of hydrogen-bond acceptors (Lipinski definition) is 2. The zero-order valence-electron chi connectivity index (χ0n) is 8.61. The molecular formula is C10H10Cl2N2O2. The Morgan fingerprint density at radius 2 is 1.81 bits per heavy atom. The first kappa shape index (κ1) is 11.5. The second-order valence-electron chi connectivity index (χ2n) is 3.35. The molecule has 1 heterocycles. The Labute approximate surface area is 103 Å². The topological polar surface area (TPSA) is 32.8 Å². The molecule has 1 aromatic carbocycles. The summed E-state index contributed by atoms with van der Waals surface area (Å²) in [6, 6.07) is 4.82. The van der Waals surface area contributed by atoms with Crippen molar-refractivity contribution in [1.82, 2.24) is 5.06 Å². The molecule has 0 unspecified atom stereocenters. The van der Waals surface area contributed by atoms with Crippen molar-refractivity contribution in [2.24, 2.45) is 0 Å². The Balaban J connectivity index is 2.28. The summed E-state index contributed by atoms with van der Waals surface area (Å²) in [6.45, 7) is 1.09. The van der Waals surface area contributed by atoms with Crippen molar-refractivity contribution in [2.75, 3.05) is 25.1 Å². The third kappa shape index (κ3) is 2.09. The number of nitrogens with zero attached hydrogens (tertiary/aromatic N) is 2. The highest BCUT2D eigenvalue weighted by molar-refractivity contribution is 6.35. The first-order chi connectivity index (χ1) is 7.61. The minimum absolute atomic E-state index is 0.208. The van der Waals surface area contributed by atoms with Gasteiger partial charge >= 0.3 is 6.03 Å². The predicted octanol–water partition coefficient (Wildman–Crippen LogP) is 2.80. The maximum atomic E-state index is 11.8. The zero-order chi connectivity index (χ0) is 11.7. The van der Waals surface area contributed by atoms with Gasteiger partial charge < -0.3 is 0 Å². The van der Waals surface area contributed by atoms with Gasteiger partial charge in [-0.25, -0.2) is 9.86 Å². The quantitative estimate of drug-likeness (QED) is 0.820. The zero-order valence-corrected chi connectivity index (χ0v) is 10.1. The number of benzene rings is 1. The van der Waals surface area contributed by atoms with Gasteiger partial charge in [-0.3, -0.25) is 9.74 Å². The standard InChI is InChI=1S/C10H10Cl2N2O2/c1-16-14-3-2-13(10(14)15)9-5-7(11)4-8(12)6-9/h4-6H,2-3H2,1H3. The van der Waals surface area contributed by atoms with E-state index in [0.717, 1.165) is 0 Å². The first-order valence-corrected chi connectivity index (χ1v) is 5.46. The van der Waals surface area contributed by atoms with Gasteiger partial charge in [0.05, 0.1) is 13.7 Å². The molecule has 0 saturated carbocycles. The van der Waals surface area contributed by atoms with E-state index in [4.69, 9.17) is 28.0 Å². The van der Waals surface area contributed by atoms with E-state index in [9.17, 15) is 4.79 Å². The van der Waals surface area contributed by atoms with E-state index in [0.29, 0.717) is 28.8 Å². The largest absolute Gasteiger partial charge is 0.348 e. The van der Waals surface area contributed by atoms with Crippen LogP contribution in [0.1, 0.15) is 0 Å². The summed E-state index contributed by atoms with van der Waals surface area (Å²) in [7, 11) is 1.46. The Kier molecular flexibility index (Phi) is 3.23. The highest BCUT2D eigenvalue weighted by atomic mass is 35.5. The minimum Gasteiger partial charge on any atom is -0.291 e. The van der Waals surface area contributed by atoms with E-state index in [1.807, 2.05) is 0 Å². The lowest BCUT2D eigenvalue weighted by molar-refractivity contribution is -0.0698. The Bertz CT molecular complexity index is 405. The molecule has 0 N–H and O–H groups in total. The lowest BCUT2D eigenvalue weighted by atomic mass is 10.3. The van der Waals surface area contributed by atoms with Crippen LogP contribution in [-0.4, -0.2) is 31.3 Å². The Morgan fingerprint density at radius 1 is 1.19 bits per heavy atom. The van der Waals surface area contributed by atoms with E-state index < -0.39 is 0 Å². The van der Waals surface area contributed by atoms with Crippen molar-refractivity contribution in [1.29, 1.82) is 0 Å². The number of carbonyl (C=O) groups is 1. The molecule has 4 nitrogen and oxygen atoms in total. The SMILES string of the molecule is CON1CCN(c2cc(Cl)cc(Cl)c2)C1=O. The Morgan fingerprint density at radius 3 is 2.31 bits per heavy atom. The molecule has 2 rings (SSSR count). The van der Waals surface area contributed by atoms with Gasteiger partial charge in [0.2, 0.25) is 0 Å². The van der Waals surface area contributed by atoms with Crippen LogP contribution < -0.4 is 4.90 Å². The second kappa shape index (κ2) is 4.49. The molecular weight excluding hydrogens is 251 g/mol. The van der Waals surface area contributed by atoms with Gasteiger partial charge in [0.1, 0.15) is 0 Å². The Hall–Kier alpha value is -0.970. The van der Waals surface area contributed by atoms with Crippen molar-refractivity contribution < 1.29 is 9.63 Å². The van der Waals surface area contributed by atoms with Crippen molar-refractivity contribution in [3.8, 4) is 0 Å². The molecule has 1 fully saturated rings. The first-order valence-electron chi connectivity index (χ1n) is 4.71. The lowest BCUT2D eigenvalue weighted by Crippen LogP contribution is -2.31. The van der Waals surface area contributed by atoms with Gasteiger partial charge in [-0.2, -0.15) is 0 Å².